The number of rotatable bonds is 5. The Morgan fingerprint density at radius 2 is 2.03 bits per heavy atom. The van der Waals surface area contributed by atoms with Gasteiger partial charge in [-0.2, -0.15) is 0 Å². The first kappa shape index (κ1) is 29.3. The molecule has 3 heterocycles. The van der Waals surface area contributed by atoms with Crippen molar-refractivity contribution in [1.82, 2.24) is 14.5 Å². The van der Waals surface area contributed by atoms with E-state index >= 15 is 0 Å². The highest BCUT2D eigenvalue weighted by Crippen LogP contribution is 2.42. The summed E-state index contributed by atoms with van der Waals surface area (Å²) < 4.78 is 14.4. The van der Waals surface area contributed by atoms with Crippen LogP contribution in [0.25, 0.3) is 10.9 Å². The molecule has 0 spiro atoms. The van der Waals surface area contributed by atoms with Gasteiger partial charge in [-0.3, -0.25) is 4.90 Å². The van der Waals surface area contributed by atoms with E-state index in [2.05, 4.69) is 30.4 Å². The number of halogens is 2. The standard InChI is InChI=1S/C21H22BrN3O3S.C2H6.CH4.ClH/c1-4-27-21(26)19-16(11-29-17-7-5-6-8-23-17)25(3)15-9-14(22)20-13(18(15)19)10-24(2)12-28-20;1-2;;/h5-9H,4,10-12H2,1-3H3;1-2H3;1H4;1H. The maximum Gasteiger partial charge on any atom is 0.340 e. The number of hydrogen-bond donors (Lipinski definition) is 0. The summed E-state index contributed by atoms with van der Waals surface area (Å²) in [7, 11) is 3.99. The first-order chi connectivity index (χ1) is 15.0. The van der Waals surface area contributed by atoms with Crippen molar-refractivity contribution in [2.45, 2.75) is 45.5 Å². The normalized spacial score (nSPS) is 12.4. The van der Waals surface area contributed by atoms with E-state index in [9.17, 15) is 4.79 Å². The van der Waals surface area contributed by atoms with Crippen LogP contribution in [-0.4, -0.2) is 40.8 Å². The summed E-state index contributed by atoms with van der Waals surface area (Å²) in [6.45, 7) is 7.38. The molecule has 0 bridgehead atoms. The minimum absolute atomic E-state index is 0. The number of ether oxygens (including phenoxy) is 2. The maximum absolute atomic E-state index is 13.0. The van der Waals surface area contributed by atoms with Crippen molar-refractivity contribution in [3.05, 3.63) is 51.8 Å². The molecule has 0 N–H and O–H groups in total. The van der Waals surface area contributed by atoms with Gasteiger partial charge in [0, 0.05) is 42.2 Å². The first-order valence-electron chi connectivity index (χ1n) is 10.4. The second-order valence-corrected chi connectivity index (χ2v) is 8.76. The minimum Gasteiger partial charge on any atom is -0.477 e. The summed E-state index contributed by atoms with van der Waals surface area (Å²) in [5.41, 5.74) is 3.53. The van der Waals surface area contributed by atoms with Crippen LogP contribution in [0.15, 0.2) is 40.0 Å². The summed E-state index contributed by atoms with van der Waals surface area (Å²) in [6.07, 6.45) is 1.77. The van der Waals surface area contributed by atoms with Crippen LogP contribution in [0.3, 0.4) is 0 Å². The summed E-state index contributed by atoms with van der Waals surface area (Å²) in [4.78, 5) is 19.5. The zero-order valence-corrected chi connectivity index (χ0v) is 22.2. The molecule has 0 fully saturated rings. The molecule has 0 amide bonds. The van der Waals surface area contributed by atoms with Crippen LogP contribution in [0.1, 0.15) is 49.8 Å². The second kappa shape index (κ2) is 13.2. The van der Waals surface area contributed by atoms with Crippen LogP contribution in [-0.2, 0) is 24.1 Å². The molecule has 0 saturated heterocycles. The Bertz CT molecular complexity index is 1080. The van der Waals surface area contributed by atoms with Crippen LogP contribution in [0.2, 0.25) is 0 Å². The van der Waals surface area contributed by atoms with E-state index in [-0.39, 0.29) is 25.8 Å². The highest BCUT2D eigenvalue weighted by Gasteiger charge is 2.29. The molecule has 1 aliphatic heterocycles. The Morgan fingerprint density at radius 1 is 1.30 bits per heavy atom. The number of aromatic nitrogens is 2. The van der Waals surface area contributed by atoms with Crippen molar-refractivity contribution in [3.8, 4) is 5.75 Å². The Balaban J connectivity index is 0.00000133. The molecule has 6 nitrogen and oxygen atoms in total. The van der Waals surface area contributed by atoms with Crippen LogP contribution in [0.5, 0.6) is 5.75 Å². The average molecular weight is 559 g/mol. The van der Waals surface area contributed by atoms with Gasteiger partial charge in [0.15, 0.2) is 0 Å². The number of hydrogen-bond acceptors (Lipinski definition) is 6. The number of pyridine rings is 1. The lowest BCUT2D eigenvalue weighted by molar-refractivity contribution is 0.0527. The Kier molecular flexibility index (Phi) is 11.7. The summed E-state index contributed by atoms with van der Waals surface area (Å²) in [6, 6.07) is 7.85. The number of thioether (sulfide) groups is 1. The van der Waals surface area contributed by atoms with Gasteiger partial charge in [-0.15, -0.1) is 24.2 Å². The number of benzene rings is 1. The van der Waals surface area contributed by atoms with E-state index in [1.54, 1.807) is 18.0 Å². The largest absolute Gasteiger partial charge is 0.477 e. The quantitative estimate of drug-likeness (QED) is 0.257. The highest BCUT2D eigenvalue weighted by atomic mass is 79.9. The molecule has 4 rings (SSSR count). The van der Waals surface area contributed by atoms with E-state index < -0.39 is 0 Å². The monoisotopic (exact) mass is 557 g/mol. The van der Waals surface area contributed by atoms with Crippen LogP contribution < -0.4 is 4.74 Å². The number of carbonyl (C=O) groups is 1. The number of aryl methyl sites for hydroxylation is 1. The lowest BCUT2D eigenvalue weighted by atomic mass is 10.0. The minimum atomic E-state index is -0.299. The smallest absolute Gasteiger partial charge is 0.340 e. The van der Waals surface area contributed by atoms with E-state index in [4.69, 9.17) is 9.47 Å². The Labute approximate surface area is 215 Å². The molecule has 1 aromatic carbocycles. The van der Waals surface area contributed by atoms with Crippen molar-refractivity contribution in [3.63, 3.8) is 0 Å². The number of esters is 1. The molecule has 0 radical (unpaired) electrons. The Hall–Kier alpha value is -1.74. The van der Waals surface area contributed by atoms with E-state index in [1.165, 1.54) is 0 Å². The third-order valence-electron chi connectivity index (χ3n) is 4.95. The number of carbonyl (C=O) groups excluding carboxylic acids is 1. The summed E-state index contributed by atoms with van der Waals surface area (Å²) in [5.74, 6) is 1.11. The van der Waals surface area contributed by atoms with Crippen molar-refractivity contribution < 1.29 is 14.3 Å². The molecule has 182 valence electrons. The molecular weight excluding hydrogens is 526 g/mol. The van der Waals surface area contributed by atoms with Gasteiger partial charge >= 0.3 is 5.97 Å². The summed E-state index contributed by atoms with van der Waals surface area (Å²) >= 11 is 5.25. The third kappa shape index (κ3) is 6.04. The van der Waals surface area contributed by atoms with E-state index in [0.717, 1.165) is 37.4 Å². The fourth-order valence-corrected chi connectivity index (χ4v) is 5.14. The van der Waals surface area contributed by atoms with Crippen LogP contribution >= 0.6 is 40.1 Å². The zero-order valence-electron chi connectivity index (χ0n) is 19.0. The molecule has 0 unspecified atom stereocenters. The van der Waals surface area contributed by atoms with Gasteiger partial charge in [0.1, 0.15) is 12.5 Å². The predicted molar refractivity (Wildman–Crippen MR) is 143 cm³/mol. The molecule has 9 heteroatoms. The fraction of sp³-hybridized carbons (Fsp3) is 0.417. The van der Waals surface area contributed by atoms with Gasteiger partial charge in [-0.05, 0) is 48.1 Å². The molecule has 0 saturated carbocycles. The van der Waals surface area contributed by atoms with Gasteiger partial charge < -0.3 is 14.0 Å². The third-order valence-corrected chi connectivity index (χ3v) is 6.49. The van der Waals surface area contributed by atoms with Gasteiger partial charge in [-0.25, -0.2) is 9.78 Å². The second-order valence-electron chi connectivity index (χ2n) is 6.91. The fourth-order valence-electron chi connectivity index (χ4n) is 3.64. The highest BCUT2D eigenvalue weighted by molar-refractivity contribution is 9.10. The lowest BCUT2D eigenvalue weighted by Crippen LogP contribution is -2.28. The zero-order chi connectivity index (χ0) is 22.5. The SMILES string of the molecule is C.CC.CCOC(=O)c1c(CSc2ccccn2)n(C)c2cc(Br)c3c(c12)CN(C)CO3.Cl. The van der Waals surface area contributed by atoms with Gasteiger partial charge in [0.05, 0.1) is 27.2 Å². The van der Waals surface area contributed by atoms with Crippen molar-refractivity contribution >= 4 is 57.0 Å². The average Bonchev–Trinajstić information content (AvgIpc) is 3.06. The van der Waals surface area contributed by atoms with Crippen LogP contribution in [0, 0.1) is 0 Å². The molecule has 33 heavy (non-hydrogen) atoms. The van der Waals surface area contributed by atoms with Gasteiger partial charge in [0.25, 0.3) is 0 Å². The van der Waals surface area contributed by atoms with E-state index in [1.807, 2.05) is 59.1 Å². The van der Waals surface area contributed by atoms with Crippen molar-refractivity contribution in [2.75, 3.05) is 20.4 Å². The molecule has 3 aromatic rings. The molecule has 0 aliphatic carbocycles. The molecular formula is C24H33BrClN3O3S. The number of fused-ring (bicyclic) bond motifs is 3. The molecule has 0 atom stereocenters. The predicted octanol–water partition coefficient (Wildman–Crippen LogP) is 6.67. The molecule has 1 aliphatic rings. The van der Waals surface area contributed by atoms with Crippen molar-refractivity contribution in [2.24, 2.45) is 7.05 Å². The lowest BCUT2D eigenvalue weighted by Gasteiger charge is -2.27. The number of nitrogens with zero attached hydrogens (tertiary/aromatic N) is 3. The maximum atomic E-state index is 13.0. The van der Waals surface area contributed by atoms with Crippen molar-refractivity contribution in [1.29, 1.82) is 0 Å². The van der Waals surface area contributed by atoms with Crippen LogP contribution in [0.4, 0.5) is 0 Å². The summed E-state index contributed by atoms with van der Waals surface area (Å²) in [5, 5.41) is 1.83. The van der Waals surface area contributed by atoms with Gasteiger partial charge in [-0.1, -0.05) is 27.3 Å². The topological polar surface area (TPSA) is 56.6 Å². The Morgan fingerprint density at radius 3 is 2.67 bits per heavy atom. The first-order valence-corrected chi connectivity index (χ1v) is 12.1. The van der Waals surface area contributed by atoms with E-state index in [0.29, 0.717) is 31.2 Å². The van der Waals surface area contributed by atoms with Gasteiger partial charge in [0.2, 0.25) is 0 Å². The molecule has 2 aromatic heterocycles.